The predicted octanol–water partition coefficient (Wildman–Crippen LogP) is 9.13. The molecule has 3 aromatic carbocycles. The minimum Gasteiger partial charge on any atom is -0.462 e. The third-order valence-corrected chi connectivity index (χ3v) is 7.79. The summed E-state index contributed by atoms with van der Waals surface area (Å²) >= 11 is 17.2. The summed E-state index contributed by atoms with van der Waals surface area (Å²) in [4.78, 5) is 31.5. The molecular formula is C29H19BrCl2N2O3S. The number of esters is 1. The lowest BCUT2D eigenvalue weighted by Gasteiger charge is -2.12. The van der Waals surface area contributed by atoms with Crippen LogP contribution in [0.3, 0.4) is 0 Å². The largest absolute Gasteiger partial charge is 0.462 e. The van der Waals surface area contributed by atoms with Crippen molar-refractivity contribution in [2.45, 2.75) is 6.92 Å². The van der Waals surface area contributed by atoms with E-state index in [0.29, 0.717) is 53.9 Å². The molecule has 2 heterocycles. The molecule has 1 N–H and O–H groups in total. The second kappa shape index (κ2) is 11.3. The molecule has 0 atom stereocenters. The highest BCUT2D eigenvalue weighted by Gasteiger charge is 2.24. The Balaban J connectivity index is 1.59. The van der Waals surface area contributed by atoms with E-state index in [1.165, 1.54) is 11.3 Å². The molecule has 0 saturated heterocycles. The quantitative estimate of drug-likeness (QED) is 0.191. The molecule has 2 aromatic heterocycles. The maximum atomic E-state index is 13.7. The second-order valence-corrected chi connectivity index (χ2v) is 10.9. The van der Waals surface area contributed by atoms with Crippen molar-refractivity contribution < 1.29 is 14.3 Å². The van der Waals surface area contributed by atoms with Crippen LogP contribution in [0.15, 0.2) is 82.6 Å². The number of pyridine rings is 1. The average molecular weight is 626 g/mol. The Morgan fingerprint density at radius 1 is 1.00 bits per heavy atom. The van der Waals surface area contributed by atoms with Gasteiger partial charge in [0.25, 0.3) is 5.91 Å². The van der Waals surface area contributed by atoms with Gasteiger partial charge in [-0.15, -0.1) is 11.3 Å². The number of para-hydroxylation sites is 1. The summed E-state index contributed by atoms with van der Waals surface area (Å²) in [5.74, 6) is -0.889. The number of fused-ring (bicyclic) bond motifs is 1. The number of aromatic nitrogens is 1. The summed E-state index contributed by atoms with van der Waals surface area (Å²) in [6.07, 6.45) is 0. The fourth-order valence-corrected chi connectivity index (χ4v) is 5.79. The van der Waals surface area contributed by atoms with Gasteiger partial charge in [-0.1, -0.05) is 69.5 Å². The number of carbonyl (C=O) groups is 2. The van der Waals surface area contributed by atoms with Gasteiger partial charge in [0.1, 0.15) is 10.6 Å². The first kappa shape index (κ1) is 26.4. The van der Waals surface area contributed by atoms with Crippen LogP contribution in [0.4, 0.5) is 5.00 Å². The first-order valence-corrected chi connectivity index (χ1v) is 14.0. The molecule has 38 heavy (non-hydrogen) atoms. The third-order valence-electron chi connectivity index (χ3n) is 5.82. The molecule has 0 saturated carbocycles. The zero-order chi connectivity index (χ0) is 26.8. The SMILES string of the molecule is CCOC(=O)c1c(-c2ccc(Br)cc2)csc1NC(=O)c1cc(-c2ccc(Cl)cc2Cl)nc2ccccc12. The number of ether oxygens (including phenoxy) is 1. The van der Waals surface area contributed by atoms with E-state index in [9.17, 15) is 9.59 Å². The standard InChI is InChI=1S/C29H19BrCl2N2O3S/c1-2-37-29(36)26-22(16-7-9-17(30)10-8-16)15-38-28(26)34-27(35)21-14-25(20-12-11-18(31)13-23(20)32)33-24-6-4-3-5-19(21)24/h3-15H,2H2,1H3,(H,34,35). The molecule has 5 nitrogen and oxygen atoms in total. The van der Waals surface area contributed by atoms with Gasteiger partial charge in [0.2, 0.25) is 0 Å². The third kappa shape index (κ3) is 5.33. The summed E-state index contributed by atoms with van der Waals surface area (Å²) in [5, 5.41) is 6.79. The lowest BCUT2D eigenvalue weighted by atomic mass is 10.0. The van der Waals surface area contributed by atoms with Crippen LogP contribution in [0.1, 0.15) is 27.6 Å². The smallest absolute Gasteiger partial charge is 0.341 e. The van der Waals surface area contributed by atoms with Crippen LogP contribution in [0.2, 0.25) is 10.0 Å². The molecule has 5 rings (SSSR count). The van der Waals surface area contributed by atoms with Gasteiger partial charge >= 0.3 is 5.97 Å². The summed E-state index contributed by atoms with van der Waals surface area (Å²) in [5.41, 5.74) is 4.04. The van der Waals surface area contributed by atoms with Crippen molar-refractivity contribution in [2.24, 2.45) is 0 Å². The van der Waals surface area contributed by atoms with Crippen molar-refractivity contribution in [1.82, 2.24) is 4.98 Å². The van der Waals surface area contributed by atoms with Crippen molar-refractivity contribution in [2.75, 3.05) is 11.9 Å². The summed E-state index contributed by atoms with van der Waals surface area (Å²) < 4.78 is 6.26. The number of amides is 1. The molecule has 0 spiro atoms. The number of hydrogen-bond donors (Lipinski definition) is 1. The number of anilines is 1. The van der Waals surface area contributed by atoms with Crippen LogP contribution < -0.4 is 5.32 Å². The van der Waals surface area contributed by atoms with Crippen molar-refractivity contribution in [3.8, 4) is 22.4 Å². The van der Waals surface area contributed by atoms with E-state index in [-0.39, 0.29) is 12.5 Å². The van der Waals surface area contributed by atoms with Crippen molar-refractivity contribution in [3.63, 3.8) is 0 Å². The lowest BCUT2D eigenvalue weighted by Crippen LogP contribution is -2.15. The molecule has 0 aliphatic heterocycles. The molecule has 5 aromatic rings. The molecule has 0 bridgehead atoms. The van der Waals surface area contributed by atoms with E-state index in [2.05, 4.69) is 21.2 Å². The number of rotatable bonds is 6. The van der Waals surface area contributed by atoms with Crippen molar-refractivity contribution in [3.05, 3.63) is 104 Å². The Kier molecular flexibility index (Phi) is 7.81. The van der Waals surface area contributed by atoms with E-state index >= 15 is 0 Å². The normalized spacial score (nSPS) is 10.9. The Hall–Kier alpha value is -3.23. The van der Waals surface area contributed by atoms with Gasteiger partial charge < -0.3 is 10.1 Å². The Labute approximate surface area is 241 Å². The van der Waals surface area contributed by atoms with Crippen LogP contribution in [0, 0.1) is 0 Å². The fraction of sp³-hybridized carbons (Fsp3) is 0.0690. The number of benzene rings is 3. The number of nitrogens with zero attached hydrogens (tertiary/aromatic N) is 1. The Morgan fingerprint density at radius 3 is 2.50 bits per heavy atom. The molecular weight excluding hydrogens is 607 g/mol. The first-order chi connectivity index (χ1) is 18.4. The van der Waals surface area contributed by atoms with Gasteiger partial charge in [-0.05, 0) is 55.0 Å². The van der Waals surface area contributed by atoms with Gasteiger partial charge in [-0.25, -0.2) is 9.78 Å². The highest BCUT2D eigenvalue weighted by Crippen LogP contribution is 2.38. The Morgan fingerprint density at radius 2 is 1.76 bits per heavy atom. The minimum atomic E-state index is -0.504. The summed E-state index contributed by atoms with van der Waals surface area (Å²) in [6.45, 7) is 1.95. The number of halogens is 3. The zero-order valence-electron chi connectivity index (χ0n) is 19.9. The number of thiophene rings is 1. The van der Waals surface area contributed by atoms with Gasteiger partial charge in [0, 0.05) is 31.4 Å². The number of hydrogen-bond acceptors (Lipinski definition) is 5. The van der Waals surface area contributed by atoms with E-state index in [4.69, 9.17) is 32.9 Å². The maximum Gasteiger partial charge on any atom is 0.341 e. The molecule has 0 radical (unpaired) electrons. The van der Waals surface area contributed by atoms with E-state index < -0.39 is 5.97 Å². The molecule has 9 heteroatoms. The molecule has 0 aliphatic carbocycles. The van der Waals surface area contributed by atoms with Crippen molar-refractivity contribution in [1.29, 1.82) is 0 Å². The van der Waals surface area contributed by atoms with E-state index in [0.717, 1.165) is 10.0 Å². The van der Waals surface area contributed by atoms with Gasteiger partial charge in [0.05, 0.1) is 28.4 Å². The van der Waals surface area contributed by atoms with Crippen LogP contribution in [-0.4, -0.2) is 23.5 Å². The number of carbonyl (C=O) groups excluding carboxylic acids is 2. The van der Waals surface area contributed by atoms with Gasteiger partial charge in [0.15, 0.2) is 0 Å². The van der Waals surface area contributed by atoms with Gasteiger partial charge in [-0.2, -0.15) is 0 Å². The molecule has 190 valence electrons. The first-order valence-electron chi connectivity index (χ1n) is 11.6. The van der Waals surface area contributed by atoms with E-state index in [1.54, 1.807) is 31.2 Å². The zero-order valence-corrected chi connectivity index (χ0v) is 23.8. The highest BCUT2D eigenvalue weighted by atomic mass is 79.9. The molecule has 1 amide bonds. The molecule has 0 aliphatic rings. The lowest BCUT2D eigenvalue weighted by molar-refractivity contribution is 0.0529. The van der Waals surface area contributed by atoms with Crippen LogP contribution in [0.25, 0.3) is 33.3 Å². The van der Waals surface area contributed by atoms with Gasteiger partial charge in [-0.3, -0.25) is 4.79 Å². The fourth-order valence-electron chi connectivity index (χ4n) is 4.07. The van der Waals surface area contributed by atoms with E-state index in [1.807, 2.05) is 53.9 Å². The van der Waals surface area contributed by atoms with Crippen LogP contribution in [0.5, 0.6) is 0 Å². The number of nitrogens with one attached hydrogen (secondary N) is 1. The highest BCUT2D eigenvalue weighted by molar-refractivity contribution is 9.10. The average Bonchev–Trinajstić information content (AvgIpc) is 3.32. The maximum absolute atomic E-state index is 13.7. The summed E-state index contributed by atoms with van der Waals surface area (Å²) in [7, 11) is 0. The van der Waals surface area contributed by atoms with Crippen LogP contribution >= 0.6 is 50.5 Å². The topological polar surface area (TPSA) is 68.3 Å². The monoisotopic (exact) mass is 624 g/mol. The van der Waals surface area contributed by atoms with Crippen LogP contribution in [-0.2, 0) is 4.74 Å². The minimum absolute atomic E-state index is 0.210. The molecule has 0 unspecified atom stereocenters. The Bertz CT molecular complexity index is 1690. The van der Waals surface area contributed by atoms with Crippen molar-refractivity contribution >= 4 is 78.2 Å². The summed E-state index contributed by atoms with van der Waals surface area (Å²) in [6, 6.07) is 21.8. The molecule has 0 fully saturated rings. The predicted molar refractivity (Wildman–Crippen MR) is 159 cm³/mol. The second-order valence-electron chi connectivity index (χ2n) is 8.23.